The van der Waals surface area contributed by atoms with Gasteiger partial charge >= 0.3 is 0 Å². The Kier molecular flexibility index (Phi) is 3.54. The first-order chi connectivity index (χ1) is 9.72. The third-order valence-electron chi connectivity index (χ3n) is 2.67. The van der Waals surface area contributed by atoms with E-state index in [1.54, 1.807) is 24.3 Å². The van der Waals surface area contributed by atoms with Crippen molar-refractivity contribution in [3.8, 4) is 0 Å². The molecule has 6 heteroatoms. The molecule has 4 nitrogen and oxygen atoms in total. The monoisotopic (exact) mass is 303 g/mol. The van der Waals surface area contributed by atoms with Crippen molar-refractivity contribution in [3.63, 3.8) is 0 Å². The van der Waals surface area contributed by atoms with Gasteiger partial charge in [-0.25, -0.2) is 0 Å². The summed E-state index contributed by atoms with van der Waals surface area (Å²) in [5, 5.41) is 4.79. The average molecular weight is 304 g/mol. The summed E-state index contributed by atoms with van der Waals surface area (Å²) in [7, 11) is 0. The predicted octanol–water partition coefficient (Wildman–Crippen LogP) is 3.17. The third-order valence-corrected chi connectivity index (χ3v) is 3.96. The molecule has 20 heavy (non-hydrogen) atoms. The largest absolute Gasteiger partial charge is 0.319 e. The molecule has 1 heterocycles. The van der Waals surface area contributed by atoms with Crippen molar-refractivity contribution in [3.05, 3.63) is 68.6 Å². The van der Waals surface area contributed by atoms with Gasteiger partial charge < -0.3 is 4.98 Å². The molecule has 100 valence electrons. The summed E-state index contributed by atoms with van der Waals surface area (Å²) in [5.74, 6) is 0. The normalized spacial score (nSPS) is 11.8. The molecule has 0 saturated heterocycles. The minimum absolute atomic E-state index is 0.213. The minimum atomic E-state index is -0.213. The van der Waals surface area contributed by atoms with Crippen LogP contribution in [-0.4, -0.2) is 4.98 Å². The number of anilines is 1. The van der Waals surface area contributed by atoms with E-state index in [-0.39, 0.29) is 5.56 Å². The van der Waals surface area contributed by atoms with Crippen LogP contribution in [0.15, 0.2) is 58.4 Å². The number of nitrogens with zero attached hydrogens (tertiary/aromatic N) is 1. The van der Waals surface area contributed by atoms with Crippen LogP contribution in [0.4, 0.5) is 5.69 Å². The number of fused-ring (bicyclic) bond motifs is 1. The number of H-pyrrole nitrogens is 1. The second-order valence-corrected chi connectivity index (χ2v) is 5.56. The minimum Gasteiger partial charge on any atom is -0.319 e. The quantitative estimate of drug-likeness (QED) is 0.714. The van der Waals surface area contributed by atoms with E-state index in [1.165, 1.54) is 11.3 Å². The highest BCUT2D eigenvalue weighted by molar-refractivity contribution is 7.16. The zero-order valence-corrected chi connectivity index (χ0v) is 11.8. The molecule has 0 unspecified atom stereocenters. The van der Waals surface area contributed by atoms with Gasteiger partial charge in [-0.3, -0.25) is 10.2 Å². The Morgan fingerprint density at radius 1 is 1.10 bits per heavy atom. The molecule has 0 amide bonds. The lowest BCUT2D eigenvalue weighted by Crippen LogP contribution is -2.25. The smallest absolute Gasteiger partial charge is 0.286 e. The van der Waals surface area contributed by atoms with Crippen LogP contribution >= 0.6 is 22.9 Å². The van der Waals surface area contributed by atoms with Crippen LogP contribution in [0.25, 0.3) is 10.2 Å². The molecule has 0 aliphatic carbocycles. The molecule has 0 bridgehead atoms. The van der Waals surface area contributed by atoms with Crippen LogP contribution < -0.4 is 15.7 Å². The van der Waals surface area contributed by atoms with Crippen LogP contribution in [0.1, 0.15) is 0 Å². The highest BCUT2D eigenvalue weighted by Crippen LogP contribution is 2.13. The number of rotatable bonds is 2. The predicted molar refractivity (Wildman–Crippen MR) is 83.1 cm³/mol. The Morgan fingerprint density at radius 2 is 1.85 bits per heavy atom. The lowest BCUT2D eigenvalue weighted by atomic mass is 10.3. The van der Waals surface area contributed by atoms with E-state index >= 15 is 0 Å². The number of aromatic nitrogens is 1. The van der Waals surface area contributed by atoms with Gasteiger partial charge in [0, 0.05) is 5.02 Å². The maximum absolute atomic E-state index is 11.9. The summed E-state index contributed by atoms with van der Waals surface area (Å²) in [6, 6.07) is 14.7. The van der Waals surface area contributed by atoms with Crippen LogP contribution in [0.5, 0.6) is 0 Å². The van der Waals surface area contributed by atoms with E-state index in [1.807, 2.05) is 24.3 Å². The maximum atomic E-state index is 11.9. The van der Waals surface area contributed by atoms with Crippen molar-refractivity contribution >= 4 is 38.8 Å². The fraction of sp³-hybridized carbons (Fsp3) is 0. The molecule has 0 aliphatic rings. The van der Waals surface area contributed by atoms with Gasteiger partial charge in [0.2, 0.25) is 4.67 Å². The van der Waals surface area contributed by atoms with Crippen molar-refractivity contribution in [2.45, 2.75) is 0 Å². The number of aromatic amines is 1. The summed E-state index contributed by atoms with van der Waals surface area (Å²) < 4.78 is 1.35. The van der Waals surface area contributed by atoms with Crippen molar-refractivity contribution in [2.24, 2.45) is 5.10 Å². The standard InChI is InChI=1S/C14H10ClN3OS/c15-9-5-7-10(8-6-9)17-18-14-13(19)16-11-3-1-2-4-12(11)20-14/h1-8,17H,(H,16,19)/b18-14+. The topological polar surface area (TPSA) is 57.2 Å². The number of para-hydroxylation sites is 1. The Bertz CT molecular complexity index is 868. The first kappa shape index (κ1) is 12.9. The van der Waals surface area contributed by atoms with E-state index in [4.69, 9.17) is 11.6 Å². The summed E-state index contributed by atoms with van der Waals surface area (Å²) in [6.45, 7) is 0. The molecule has 3 aromatic rings. The van der Waals surface area contributed by atoms with Gasteiger partial charge in [-0.2, -0.15) is 5.10 Å². The SMILES string of the molecule is O=c1[nH]c2ccccc2s/c1=N/Nc1ccc(Cl)cc1. The Labute approximate surface area is 123 Å². The lowest BCUT2D eigenvalue weighted by Gasteiger charge is -1.99. The second kappa shape index (κ2) is 5.48. The van der Waals surface area contributed by atoms with Crippen molar-refractivity contribution in [1.29, 1.82) is 0 Å². The molecule has 3 rings (SSSR count). The van der Waals surface area contributed by atoms with Gasteiger partial charge in [0.1, 0.15) is 0 Å². The van der Waals surface area contributed by atoms with E-state index in [9.17, 15) is 4.79 Å². The van der Waals surface area contributed by atoms with E-state index in [0.717, 1.165) is 15.9 Å². The first-order valence-electron chi connectivity index (χ1n) is 5.90. The van der Waals surface area contributed by atoms with Crippen LogP contribution in [-0.2, 0) is 0 Å². The molecule has 0 radical (unpaired) electrons. The molecule has 0 saturated carbocycles. The molecule has 0 atom stereocenters. The first-order valence-corrected chi connectivity index (χ1v) is 7.09. The van der Waals surface area contributed by atoms with E-state index in [2.05, 4.69) is 15.5 Å². The van der Waals surface area contributed by atoms with Crippen LogP contribution in [0, 0.1) is 0 Å². The van der Waals surface area contributed by atoms with Gasteiger partial charge in [0.05, 0.1) is 15.9 Å². The Morgan fingerprint density at radius 3 is 2.65 bits per heavy atom. The second-order valence-electron chi connectivity index (χ2n) is 4.09. The molecule has 0 spiro atoms. The zero-order chi connectivity index (χ0) is 13.9. The highest BCUT2D eigenvalue weighted by atomic mass is 35.5. The number of nitrogens with one attached hydrogen (secondary N) is 2. The van der Waals surface area contributed by atoms with Gasteiger partial charge in [0.15, 0.2) is 0 Å². The maximum Gasteiger partial charge on any atom is 0.286 e. The van der Waals surface area contributed by atoms with E-state index in [0.29, 0.717) is 9.69 Å². The molecule has 0 aliphatic heterocycles. The third kappa shape index (κ3) is 2.74. The van der Waals surface area contributed by atoms with Crippen LogP contribution in [0.3, 0.4) is 0 Å². The average Bonchev–Trinajstić information content (AvgIpc) is 2.47. The van der Waals surface area contributed by atoms with Gasteiger partial charge in [-0.15, -0.1) is 11.3 Å². The molecule has 0 fully saturated rings. The molecule has 2 aromatic carbocycles. The fourth-order valence-electron chi connectivity index (χ4n) is 1.70. The summed E-state index contributed by atoms with van der Waals surface area (Å²) in [6.07, 6.45) is 0. The summed E-state index contributed by atoms with van der Waals surface area (Å²) >= 11 is 7.14. The molecular weight excluding hydrogens is 294 g/mol. The lowest BCUT2D eigenvalue weighted by molar-refractivity contribution is 1.18. The summed E-state index contributed by atoms with van der Waals surface area (Å²) in [4.78, 5) is 14.7. The number of hydrogen-bond donors (Lipinski definition) is 2. The van der Waals surface area contributed by atoms with Gasteiger partial charge in [-0.1, -0.05) is 23.7 Å². The van der Waals surface area contributed by atoms with E-state index < -0.39 is 0 Å². The van der Waals surface area contributed by atoms with Gasteiger partial charge in [0.25, 0.3) is 5.56 Å². The number of benzene rings is 2. The van der Waals surface area contributed by atoms with Crippen molar-refractivity contribution in [1.82, 2.24) is 4.98 Å². The highest BCUT2D eigenvalue weighted by Gasteiger charge is 1.98. The Hall–Kier alpha value is -2.11. The zero-order valence-electron chi connectivity index (χ0n) is 10.3. The number of halogens is 1. The molecular formula is C14H10ClN3OS. The molecule has 2 N–H and O–H groups in total. The van der Waals surface area contributed by atoms with Crippen molar-refractivity contribution < 1.29 is 0 Å². The summed E-state index contributed by atoms with van der Waals surface area (Å²) in [5.41, 5.74) is 4.22. The van der Waals surface area contributed by atoms with Gasteiger partial charge in [-0.05, 0) is 36.4 Å². The van der Waals surface area contributed by atoms with Crippen LogP contribution in [0.2, 0.25) is 5.02 Å². The number of hydrogen-bond acceptors (Lipinski definition) is 4. The fourth-order valence-corrected chi connectivity index (χ4v) is 2.64. The molecule has 1 aromatic heterocycles. The Balaban J connectivity index is 2.00. The van der Waals surface area contributed by atoms with Crippen molar-refractivity contribution in [2.75, 3.05) is 5.43 Å².